The molecule has 0 unspecified atom stereocenters. The minimum absolute atomic E-state index is 0.855. The fourth-order valence-electron chi connectivity index (χ4n) is 3.42. The van der Waals surface area contributed by atoms with Gasteiger partial charge < -0.3 is 4.42 Å². The van der Waals surface area contributed by atoms with Gasteiger partial charge in [-0.2, -0.15) is 5.10 Å². The van der Waals surface area contributed by atoms with Gasteiger partial charge in [0, 0.05) is 22.7 Å². The van der Waals surface area contributed by atoms with Crippen LogP contribution in [0.15, 0.2) is 65.2 Å². The summed E-state index contributed by atoms with van der Waals surface area (Å²) in [6, 6.07) is 18.6. The van der Waals surface area contributed by atoms with Gasteiger partial charge in [-0.25, -0.2) is 0 Å². The van der Waals surface area contributed by atoms with E-state index in [0.717, 1.165) is 55.7 Å². The fourth-order valence-corrected chi connectivity index (χ4v) is 3.42. The third-order valence-corrected chi connectivity index (χ3v) is 4.76. The van der Waals surface area contributed by atoms with E-state index in [1.165, 1.54) is 0 Å². The molecule has 3 heterocycles. The number of benzene rings is 2. The number of H-pyrrole nitrogens is 1. The molecule has 0 atom stereocenters. The second-order valence-corrected chi connectivity index (χ2v) is 6.63. The molecular formula is C22H17N3O. The zero-order chi connectivity index (χ0) is 17.7. The standard InChI is InChI=1S/C22H17N3O/c1-13-12-23-19(20-9-14(2)24-25-20)11-18(13)15-7-8-17-16-5-3-4-6-21(16)26-22(17)10-15/h3-12H,1-2H3,(H,24,25). The topological polar surface area (TPSA) is 54.7 Å². The quantitative estimate of drug-likeness (QED) is 0.452. The highest BCUT2D eigenvalue weighted by Gasteiger charge is 2.11. The van der Waals surface area contributed by atoms with Crippen molar-refractivity contribution in [1.29, 1.82) is 0 Å². The lowest BCUT2D eigenvalue weighted by atomic mass is 9.99. The number of aromatic nitrogens is 3. The molecule has 0 aliphatic carbocycles. The normalized spacial score (nSPS) is 11.5. The molecule has 26 heavy (non-hydrogen) atoms. The van der Waals surface area contributed by atoms with Gasteiger partial charge in [-0.3, -0.25) is 10.1 Å². The van der Waals surface area contributed by atoms with Crippen molar-refractivity contribution in [3.63, 3.8) is 0 Å². The number of rotatable bonds is 2. The highest BCUT2D eigenvalue weighted by Crippen LogP contribution is 2.34. The van der Waals surface area contributed by atoms with Crippen LogP contribution in [0.25, 0.3) is 44.5 Å². The number of aryl methyl sites for hydroxylation is 2. The molecule has 0 radical (unpaired) electrons. The maximum Gasteiger partial charge on any atom is 0.136 e. The SMILES string of the molecule is Cc1cc(-c2cc(-c3ccc4c(c3)oc3ccccc34)c(C)cn2)n[nH]1. The van der Waals surface area contributed by atoms with Crippen LogP contribution in [0.4, 0.5) is 0 Å². The van der Waals surface area contributed by atoms with Crippen LogP contribution in [0.1, 0.15) is 11.3 Å². The minimum atomic E-state index is 0.855. The van der Waals surface area contributed by atoms with Crippen LogP contribution in [-0.4, -0.2) is 15.2 Å². The summed E-state index contributed by atoms with van der Waals surface area (Å²) in [5.41, 5.74) is 7.93. The van der Waals surface area contributed by atoms with Crippen molar-refractivity contribution in [1.82, 2.24) is 15.2 Å². The average Bonchev–Trinajstić information content (AvgIpc) is 3.25. The lowest BCUT2D eigenvalue weighted by molar-refractivity contribution is 0.669. The first kappa shape index (κ1) is 14.9. The molecule has 0 bridgehead atoms. The first-order valence-electron chi connectivity index (χ1n) is 8.60. The van der Waals surface area contributed by atoms with E-state index in [1.807, 2.05) is 37.4 Å². The van der Waals surface area contributed by atoms with Gasteiger partial charge in [0.25, 0.3) is 0 Å². The van der Waals surface area contributed by atoms with Crippen molar-refractivity contribution in [3.8, 4) is 22.5 Å². The lowest BCUT2D eigenvalue weighted by Gasteiger charge is -2.07. The molecule has 0 saturated carbocycles. The Hall–Kier alpha value is -3.40. The first-order chi connectivity index (χ1) is 12.7. The molecule has 0 amide bonds. The van der Waals surface area contributed by atoms with E-state index in [1.54, 1.807) is 0 Å². The van der Waals surface area contributed by atoms with E-state index < -0.39 is 0 Å². The third kappa shape index (κ3) is 2.30. The van der Waals surface area contributed by atoms with Crippen molar-refractivity contribution in [3.05, 3.63) is 72.1 Å². The van der Waals surface area contributed by atoms with Crippen molar-refractivity contribution in [2.75, 3.05) is 0 Å². The molecular weight excluding hydrogens is 322 g/mol. The number of furan rings is 1. The number of fused-ring (bicyclic) bond motifs is 3. The van der Waals surface area contributed by atoms with Gasteiger partial charge in [0.1, 0.15) is 16.9 Å². The molecule has 5 rings (SSSR count). The number of nitrogens with zero attached hydrogens (tertiary/aromatic N) is 2. The highest BCUT2D eigenvalue weighted by atomic mass is 16.3. The molecule has 5 aromatic rings. The number of hydrogen-bond acceptors (Lipinski definition) is 3. The Morgan fingerprint density at radius 3 is 2.54 bits per heavy atom. The van der Waals surface area contributed by atoms with E-state index >= 15 is 0 Å². The molecule has 4 heteroatoms. The molecule has 0 spiro atoms. The van der Waals surface area contributed by atoms with Crippen LogP contribution in [0.5, 0.6) is 0 Å². The number of para-hydroxylation sites is 1. The number of hydrogen-bond donors (Lipinski definition) is 1. The van der Waals surface area contributed by atoms with Gasteiger partial charge in [0.15, 0.2) is 0 Å². The van der Waals surface area contributed by atoms with Gasteiger partial charge in [-0.1, -0.05) is 24.3 Å². The Bertz CT molecular complexity index is 1260. The Kier molecular flexibility index (Phi) is 3.19. The third-order valence-electron chi connectivity index (χ3n) is 4.76. The smallest absolute Gasteiger partial charge is 0.136 e. The number of aromatic amines is 1. The largest absolute Gasteiger partial charge is 0.456 e. The molecule has 0 saturated heterocycles. The molecule has 4 nitrogen and oxygen atoms in total. The van der Waals surface area contributed by atoms with Gasteiger partial charge in [-0.15, -0.1) is 0 Å². The van der Waals surface area contributed by atoms with Crippen molar-refractivity contribution in [2.24, 2.45) is 0 Å². The summed E-state index contributed by atoms with van der Waals surface area (Å²) < 4.78 is 6.04. The van der Waals surface area contributed by atoms with E-state index in [4.69, 9.17) is 4.42 Å². The minimum Gasteiger partial charge on any atom is -0.456 e. The molecule has 1 N–H and O–H groups in total. The average molecular weight is 339 g/mol. The van der Waals surface area contributed by atoms with Crippen LogP contribution in [-0.2, 0) is 0 Å². The Morgan fingerprint density at radius 2 is 1.69 bits per heavy atom. The summed E-state index contributed by atoms with van der Waals surface area (Å²) in [7, 11) is 0. The van der Waals surface area contributed by atoms with Gasteiger partial charge in [0.05, 0.1) is 5.69 Å². The molecule has 0 aliphatic rings. The zero-order valence-electron chi connectivity index (χ0n) is 14.6. The van der Waals surface area contributed by atoms with Gasteiger partial charge in [0.2, 0.25) is 0 Å². The van der Waals surface area contributed by atoms with Crippen molar-refractivity contribution in [2.45, 2.75) is 13.8 Å². The van der Waals surface area contributed by atoms with Crippen molar-refractivity contribution >= 4 is 21.9 Å². The van der Waals surface area contributed by atoms with Crippen LogP contribution < -0.4 is 0 Å². The van der Waals surface area contributed by atoms with Crippen molar-refractivity contribution < 1.29 is 4.42 Å². The van der Waals surface area contributed by atoms with Crippen LogP contribution in [0.2, 0.25) is 0 Å². The Labute approximate surface area is 150 Å². The highest BCUT2D eigenvalue weighted by molar-refractivity contribution is 6.05. The predicted molar refractivity (Wildman–Crippen MR) is 104 cm³/mol. The molecule has 126 valence electrons. The molecule has 0 fully saturated rings. The summed E-state index contributed by atoms with van der Waals surface area (Å²) in [6.45, 7) is 4.06. The lowest BCUT2D eigenvalue weighted by Crippen LogP contribution is -1.90. The monoisotopic (exact) mass is 339 g/mol. The van der Waals surface area contributed by atoms with Gasteiger partial charge in [-0.05, 0) is 60.9 Å². The van der Waals surface area contributed by atoms with E-state index in [0.29, 0.717) is 0 Å². The van der Waals surface area contributed by atoms with Gasteiger partial charge >= 0.3 is 0 Å². The first-order valence-corrected chi connectivity index (χ1v) is 8.60. The number of nitrogens with one attached hydrogen (secondary N) is 1. The summed E-state index contributed by atoms with van der Waals surface area (Å²) >= 11 is 0. The van der Waals surface area contributed by atoms with E-state index in [-0.39, 0.29) is 0 Å². The second kappa shape index (κ2) is 5.56. The zero-order valence-corrected chi connectivity index (χ0v) is 14.6. The summed E-state index contributed by atoms with van der Waals surface area (Å²) in [4.78, 5) is 4.54. The Balaban J connectivity index is 1.68. The Morgan fingerprint density at radius 1 is 0.846 bits per heavy atom. The summed E-state index contributed by atoms with van der Waals surface area (Å²) in [6.07, 6.45) is 1.90. The second-order valence-electron chi connectivity index (χ2n) is 6.63. The summed E-state index contributed by atoms with van der Waals surface area (Å²) in [5.74, 6) is 0. The van der Waals surface area contributed by atoms with E-state index in [2.05, 4.69) is 52.4 Å². The predicted octanol–water partition coefficient (Wildman–Crippen LogP) is 5.65. The molecule has 2 aromatic carbocycles. The van der Waals surface area contributed by atoms with Crippen LogP contribution in [0, 0.1) is 13.8 Å². The fraction of sp³-hybridized carbons (Fsp3) is 0.0909. The van der Waals surface area contributed by atoms with E-state index in [9.17, 15) is 0 Å². The van der Waals surface area contributed by atoms with Crippen LogP contribution in [0.3, 0.4) is 0 Å². The summed E-state index contributed by atoms with van der Waals surface area (Å²) in [5, 5.41) is 9.58. The van der Waals surface area contributed by atoms with Crippen LogP contribution >= 0.6 is 0 Å². The molecule has 0 aliphatic heterocycles. The number of pyridine rings is 1. The molecule has 3 aromatic heterocycles. The maximum absolute atomic E-state index is 6.04. The maximum atomic E-state index is 6.04.